The predicted octanol–water partition coefficient (Wildman–Crippen LogP) is 3.80. The Morgan fingerprint density at radius 3 is 2.70 bits per heavy atom. The van der Waals surface area contributed by atoms with Gasteiger partial charge in [0.1, 0.15) is 5.69 Å². The van der Waals surface area contributed by atoms with E-state index in [-0.39, 0.29) is 11.3 Å². The molecule has 0 saturated carbocycles. The van der Waals surface area contributed by atoms with Gasteiger partial charge in [-0.3, -0.25) is 14.9 Å². The fourth-order valence-corrected chi connectivity index (χ4v) is 2.79. The summed E-state index contributed by atoms with van der Waals surface area (Å²) in [5.41, 5.74) is 4.36. The van der Waals surface area contributed by atoms with Gasteiger partial charge in [-0.25, -0.2) is 10.1 Å². The first-order valence-electron chi connectivity index (χ1n) is 8.88. The molecule has 9 nitrogen and oxygen atoms in total. The number of amides is 1. The lowest BCUT2D eigenvalue weighted by Gasteiger charge is -1.99. The van der Waals surface area contributed by atoms with E-state index in [4.69, 9.17) is 4.42 Å². The SMILES string of the molecule is O=C(N/N=C\c1cn(-c2ccccc2)nc1-c1ccco1)c1cccc([N+](=O)[O-])c1. The molecule has 2 aromatic carbocycles. The minimum absolute atomic E-state index is 0.132. The first-order chi connectivity index (χ1) is 14.6. The minimum atomic E-state index is -0.565. The third kappa shape index (κ3) is 3.99. The predicted molar refractivity (Wildman–Crippen MR) is 109 cm³/mol. The number of hydrogen-bond acceptors (Lipinski definition) is 6. The molecular formula is C21H15N5O4. The number of para-hydroxylation sites is 1. The first-order valence-corrected chi connectivity index (χ1v) is 8.88. The fourth-order valence-electron chi connectivity index (χ4n) is 2.79. The van der Waals surface area contributed by atoms with E-state index in [1.165, 1.54) is 30.5 Å². The minimum Gasteiger partial charge on any atom is -0.463 e. The van der Waals surface area contributed by atoms with Gasteiger partial charge >= 0.3 is 0 Å². The lowest BCUT2D eigenvalue weighted by molar-refractivity contribution is -0.384. The molecule has 0 spiro atoms. The van der Waals surface area contributed by atoms with E-state index >= 15 is 0 Å². The van der Waals surface area contributed by atoms with E-state index in [0.717, 1.165) is 5.69 Å². The third-order valence-electron chi connectivity index (χ3n) is 4.21. The van der Waals surface area contributed by atoms with Gasteiger partial charge in [0.2, 0.25) is 0 Å². The topological polar surface area (TPSA) is 116 Å². The van der Waals surface area contributed by atoms with E-state index in [1.54, 1.807) is 29.3 Å². The van der Waals surface area contributed by atoms with Gasteiger partial charge in [-0.05, 0) is 30.3 Å². The van der Waals surface area contributed by atoms with Crippen molar-refractivity contribution in [3.63, 3.8) is 0 Å². The average molecular weight is 401 g/mol. The van der Waals surface area contributed by atoms with Gasteiger partial charge in [0.05, 0.1) is 23.1 Å². The summed E-state index contributed by atoms with van der Waals surface area (Å²) >= 11 is 0. The van der Waals surface area contributed by atoms with Crippen molar-refractivity contribution >= 4 is 17.8 Å². The number of rotatable bonds is 6. The molecule has 0 bridgehead atoms. The van der Waals surface area contributed by atoms with Crippen molar-refractivity contribution < 1.29 is 14.1 Å². The normalized spacial score (nSPS) is 10.9. The Hall–Kier alpha value is -4.53. The first kappa shape index (κ1) is 18.8. The molecule has 4 aromatic rings. The van der Waals surface area contributed by atoms with Crippen LogP contribution in [0.5, 0.6) is 0 Å². The lowest BCUT2D eigenvalue weighted by Crippen LogP contribution is -2.17. The van der Waals surface area contributed by atoms with Crippen LogP contribution in [-0.4, -0.2) is 26.8 Å². The van der Waals surface area contributed by atoms with Crippen LogP contribution in [0.1, 0.15) is 15.9 Å². The van der Waals surface area contributed by atoms with Gasteiger partial charge in [0.15, 0.2) is 5.76 Å². The zero-order valence-corrected chi connectivity index (χ0v) is 15.5. The van der Waals surface area contributed by atoms with Gasteiger partial charge < -0.3 is 4.42 Å². The highest BCUT2D eigenvalue weighted by Gasteiger charge is 2.14. The Balaban J connectivity index is 1.58. The van der Waals surface area contributed by atoms with Gasteiger partial charge in [-0.1, -0.05) is 24.3 Å². The number of nitro groups is 1. The Morgan fingerprint density at radius 2 is 1.97 bits per heavy atom. The molecule has 0 aliphatic carbocycles. The maximum absolute atomic E-state index is 12.3. The van der Waals surface area contributed by atoms with Crippen molar-refractivity contribution in [3.05, 3.63) is 100 Å². The molecule has 1 amide bonds. The Labute approximate surface area is 170 Å². The number of carbonyl (C=O) groups excluding carboxylic acids is 1. The highest BCUT2D eigenvalue weighted by molar-refractivity contribution is 5.96. The molecule has 0 fully saturated rings. The summed E-state index contributed by atoms with van der Waals surface area (Å²) in [5.74, 6) is -0.0129. The summed E-state index contributed by atoms with van der Waals surface area (Å²) in [5, 5.41) is 19.4. The summed E-state index contributed by atoms with van der Waals surface area (Å²) in [6, 6.07) is 18.5. The summed E-state index contributed by atoms with van der Waals surface area (Å²) in [6.45, 7) is 0. The maximum Gasteiger partial charge on any atom is 0.271 e. The number of carbonyl (C=O) groups is 1. The van der Waals surface area contributed by atoms with Crippen LogP contribution in [0.2, 0.25) is 0 Å². The second-order valence-electron chi connectivity index (χ2n) is 6.20. The van der Waals surface area contributed by atoms with Gasteiger partial charge in [-0.15, -0.1) is 0 Å². The quantitative estimate of drug-likeness (QED) is 0.300. The largest absolute Gasteiger partial charge is 0.463 e. The van der Waals surface area contributed by atoms with Crippen LogP contribution >= 0.6 is 0 Å². The smallest absolute Gasteiger partial charge is 0.271 e. The number of nitrogens with one attached hydrogen (secondary N) is 1. The average Bonchev–Trinajstić information content (AvgIpc) is 3.44. The molecule has 0 radical (unpaired) electrons. The number of hydrazone groups is 1. The van der Waals surface area contributed by atoms with E-state index < -0.39 is 10.8 Å². The van der Waals surface area contributed by atoms with Crippen LogP contribution in [0.3, 0.4) is 0 Å². The maximum atomic E-state index is 12.3. The van der Waals surface area contributed by atoms with Gasteiger partial charge in [-0.2, -0.15) is 10.2 Å². The number of nitrogens with zero attached hydrogens (tertiary/aromatic N) is 4. The molecule has 2 heterocycles. The van der Waals surface area contributed by atoms with Crippen LogP contribution < -0.4 is 5.43 Å². The van der Waals surface area contributed by atoms with Crippen LogP contribution in [0.15, 0.2) is 88.7 Å². The Kier molecular flexibility index (Phi) is 5.16. The Morgan fingerprint density at radius 1 is 1.13 bits per heavy atom. The van der Waals surface area contributed by atoms with Crippen LogP contribution in [0.25, 0.3) is 17.1 Å². The molecule has 2 aromatic heterocycles. The van der Waals surface area contributed by atoms with Crippen molar-refractivity contribution in [2.24, 2.45) is 5.10 Å². The van der Waals surface area contributed by atoms with E-state index in [2.05, 4.69) is 15.6 Å². The summed E-state index contributed by atoms with van der Waals surface area (Å²) in [7, 11) is 0. The number of aromatic nitrogens is 2. The van der Waals surface area contributed by atoms with Crippen molar-refractivity contribution in [1.29, 1.82) is 0 Å². The van der Waals surface area contributed by atoms with Crippen LogP contribution in [-0.2, 0) is 0 Å². The highest BCUT2D eigenvalue weighted by Crippen LogP contribution is 2.23. The van der Waals surface area contributed by atoms with Crippen molar-refractivity contribution in [3.8, 4) is 17.1 Å². The highest BCUT2D eigenvalue weighted by atomic mass is 16.6. The van der Waals surface area contributed by atoms with Crippen LogP contribution in [0, 0.1) is 10.1 Å². The summed E-state index contributed by atoms with van der Waals surface area (Å²) in [4.78, 5) is 22.6. The molecule has 30 heavy (non-hydrogen) atoms. The van der Waals surface area contributed by atoms with Crippen molar-refractivity contribution in [1.82, 2.24) is 15.2 Å². The molecule has 148 valence electrons. The molecule has 0 saturated heterocycles. The number of non-ortho nitro benzene ring substituents is 1. The van der Waals surface area contributed by atoms with Crippen molar-refractivity contribution in [2.45, 2.75) is 0 Å². The summed E-state index contributed by atoms with van der Waals surface area (Å²) in [6.07, 6.45) is 4.75. The Bertz CT molecular complexity index is 1210. The van der Waals surface area contributed by atoms with E-state index in [9.17, 15) is 14.9 Å². The monoisotopic (exact) mass is 401 g/mol. The third-order valence-corrected chi connectivity index (χ3v) is 4.21. The van der Waals surface area contributed by atoms with Gasteiger partial charge in [0, 0.05) is 29.5 Å². The molecule has 1 N–H and O–H groups in total. The number of nitro benzene ring substituents is 1. The molecule has 0 unspecified atom stereocenters. The second-order valence-corrected chi connectivity index (χ2v) is 6.20. The molecule has 0 aliphatic rings. The van der Waals surface area contributed by atoms with E-state index in [0.29, 0.717) is 17.0 Å². The van der Waals surface area contributed by atoms with E-state index in [1.807, 2.05) is 30.3 Å². The van der Waals surface area contributed by atoms with Crippen LogP contribution in [0.4, 0.5) is 5.69 Å². The molecule has 0 atom stereocenters. The number of hydrogen-bond donors (Lipinski definition) is 1. The molecule has 0 aliphatic heterocycles. The number of furan rings is 1. The lowest BCUT2D eigenvalue weighted by atomic mass is 10.2. The summed E-state index contributed by atoms with van der Waals surface area (Å²) < 4.78 is 7.14. The molecule has 9 heteroatoms. The van der Waals surface area contributed by atoms with Crippen molar-refractivity contribution in [2.75, 3.05) is 0 Å². The number of benzene rings is 2. The second kappa shape index (κ2) is 8.23. The standard InChI is InChI=1S/C21H15N5O4/c27-21(15-6-4-9-18(12-15)26(28)29)23-22-13-16-14-25(17-7-2-1-3-8-17)24-20(16)19-10-5-11-30-19/h1-14H,(H,23,27)/b22-13-. The fraction of sp³-hybridized carbons (Fsp3) is 0. The molecular weight excluding hydrogens is 386 g/mol. The molecule has 4 rings (SSSR count). The zero-order chi connectivity index (χ0) is 20.9. The van der Waals surface area contributed by atoms with Gasteiger partial charge in [0.25, 0.3) is 11.6 Å². The zero-order valence-electron chi connectivity index (χ0n) is 15.5.